The molecule has 1 aliphatic heterocycles. The van der Waals surface area contributed by atoms with Gasteiger partial charge in [0, 0.05) is 36.4 Å². The molecule has 1 atom stereocenters. The molecule has 0 spiro atoms. The minimum atomic E-state index is 0.00866. The van der Waals surface area contributed by atoms with Gasteiger partial charge in [0.25, 0.3) is 0 Å². The Morgan fingerprint density at radius 3 is 3.00 bits per heavy atom. The Labute approximate surface area is 151 Å². The average Bonchev–Trinajstić information content (AvgIpc) is 3.37. The first-order chi connectivity index (χ1) is 12.7. The first-order valence-electron chi connectivity index (χ1n) is 8.95. The topological polar surface area (TPSA) is 73.7 Å². The molecular weight excluding hydrogens is 326 g/mol. The summed E-state index contributed by atoms with van der Waals surface area (Å²) in [4.78, 5) is 18.0. The van der Waals surface area contributed by atoms with Gasteiger partial charge in [-0.05, 0) is 31.5 Å². The number of aryl methyl sites for hydroxylation is 2. The van der Waals surface area contributed by atoms with Crippen molar-refractivity contribution in [1.82, 2.24) is 24.8 Å². The van der Waals surface area contributed by atoms with E-state index < -0.39 is 0 Å². The highest BCUT2D eigenvalue weighted by Gasteiger charge is 2.33. The third kappa shape index (κ3) is 2.37. The van der Waals surface area contributed by atoms with Crippen LogP contribution in [-0.2, 0) is 13.0 Å². The summed E-state index contributed by atoms with van der Waals surface area (Å²) in [6.45, 7) is 5.92. The summed E-state index contributed by atoms with van der Waals surface area (Å²) >= 11 is 0. The molecule has 6 nitrogen and oxygen atoms in total. The molecule has 5 rings (SSSR count). The van der Waals surface area contributed by atoms with Crippen LogP contribution in [-0.4, -0.2) is 31.4 Å². The lowest BCUT2D eigenvalue weighted by Gasteiger charge is -2.33. The second kappa shape index (κ2) is 5.85. The highest BCUT2D eigenvalue weighted by molar-refractivity contribution is 5.82. The Morgan fingerprint density at radius 1 is 1.23 bits per heavy atom. The number of H-pyrrole nitrogens is 2. The van der Waals surface area contributed by atoms with Crippen LogP contribution in [0.2, 0.25) is 0 Å². The molecule has 0 amide bonds. The molecule has 0 aliphatic carbocycles. The van der Waals surface area contributed by atoms with Crippen molar-refractivity contribution in [3.05, 3.63) is 71.0 Å². The second-order valence-electron chi connectivity index (χ2n) is 7.01. The number of benzene rings is 1. The van der Waals surface area contributed by atoms with Gasteiger partial charge in [0.1, 0.15) is 23.2 Å². The number of nitrogens with zero attached hydrogens (tertiary/aromatic N) is 3. The number of aromatic amines is 2. The van der Waals surface area contributed by atoms with Gasteiger partial charge in [0.05, 0.1) is 18.6 Å². The molecule has 6 heteroatoms. The van der Waals surface area contributed by atoms with Crippen LogP contribution in [0.1, 0.15) is 40.1 Å². The Kier molecular flexibility index (Phi) is 3.46. The van der Waals surface area contributed by atoms with Crippen molar-refractivity contribution in [3.8, 4) is 0 Å². The predicted molar refractivity (Wildman–Crippen MR) is 98.8 cm³/mol. The maximum absolute atomic E-state index is 6.19. The SMILES string of the molecule is Cc1ccc2oc(CN3CCc4[nH]cnc4[C@@H]3c3ncc[nH]3)c(C)c2c1. The number of furan rings is 1. The molecule has 2 N–H and O–H groups in total. The third-order valence-electron chi connectivity index (χ3n) is 5.34. The lowest BCUT2D eigenvalue weighted by atomic mass is 10.0. The number of hydrogen-bond acceptors (Lipinski definition) is 4. The molecule has 4 aromatic rings. The fourth-order valence-electron chi connectivity index (χ4n) is 3.95. The van der Waals surface area contributed by atoms with Gasteiger partial charge in [-0.2, -0.15) is 0 Å². The average molecular weight is 347 g/mol. The molecule has 0 saturated carbocycles. The number of fused-ring (bicyclic) bond motifs is 2. The normalized spacial score (nSPS) is 17.7. The van der Waals surface area contributed by atoms with E-state index in [-0.39, 0.29) is 6.04 Å². The van der Waals surface area contributed by atoms with E-state index in [4.69, 9.17) is 4.42 Å². The second-order valence-corrected chi connectivity index (χ2v) is 7.01. The molecule has 0 bridgehead atoms. The van der Waals surface area contributed by atoms with E-state index in [0.717, 1.165) is 42.4 Å². The van der Waals surface area contributed by atoms with Crippen molar-refractivity contribution in [2.24, 2.45) is 0 Å². The molecule has 26 heavy (non-hydrogen) atoms. The molecule has 4 heterocycles. The van der Waals surface area contributed by atoms with Crippen LogP contribution < -0.4 is 0 Å². The van der Waals surface area contributed by atoms with Gasteiger partial charge >= 0.3 is 0 Å². The van der Waals surface area contributed by atoms with E-state index in [0.29, 0.717) is 0 Å². The summed E-state index contributed by atoms with van der Waals surface area (Å²) < 4.78 is 6.19. The standard InChI is InChI=1S/C20H21N5O/c1-12-3-4-16-14(9-12)13(2)17(26-16)10-25-8-5-15-18(24-11-23-15)19(25)20-21-6-7-22-20/h3-4,6-7,9,11,19H,5,8,10H2,1-2H3,(H,21,22)(H,23,24)/t19-/m1/s1. The van der Waals surface area contributed by atoms with Crippen molar-refractivity contribution < 1.29 is 4.42 Å². The largest absolute Gasteiger partial charge is 0.459 e. The van der Waals surface area contributed by atoms with Crippen LogP contribution in [0.3, 0.4) is 0 Å². The van der Waals surface area contributed by atoms with Crippen LogP contribution >= 0.6 is 0 Å². The lowest BCUT2D eigenvalue weighted by molar-refractivity contribution is 0.180. The molecular formula is C20H21N5O. The van der Waals surface area contributed by atoms with E-state index >= 15 is 0 Å². The van der Waals surface area contributed by atoms with Crippen LogP contribution in [0.5, 0.6) is 0 Å². The van der Waals surface area contributed by atoms with Gasteiger partial charge in [0.15, 0.2) is 0 Å². The summed E-state index contributed by atoms with van der Waals surface area (Å²) in [5, 5.41) is 1.20. The first-order valence-corrected chi connectivity index (χ1v) is 8.95. The zero-order valence-electron chi connectivity index (χ0n) is 14.9. The maximum atomic E-state index is 6.19. The van der Waals surface area contributed by atoms with Crippen LogP contribution in [0.25, 0.3) is 11.0 Å². The van der Waals surface area contributed by atoms with Gasteiger partial charge in [-0.15, -0.1) is 0 Å². The molecule has 0 unspecified atom stereocenters. The highest BCUT2D eigenvalue weighted by atomic mass is 16.3. The van der Waals surface area contributed by atoms with Gasteiger partial charge in [-0.3, -0.25) is 4.90 Å². The van der Waals surface area contributed by atoms with Crippen molar-refractivity contribution in [3.63, 3.8) is 0 Å². The monoisotopic (exact) mass is 347 g/mol. The zero-order valence-corrected chi connectivity index (χ0v) is 14.9. The highest BCUT2D eigenvalue weighted by Crippen LogP contribution is 2.34. The summed E-state index contributed by atoms with van der Waals surface area (Å²) in [5.41, 5.74) is 5.67. The minimum absolute atomic E-state index is 0.00866. The van der Waals surface area contributed by atoms with Crippen LogP contribution in [0.15, 0.2) is 41.3 Å². The van der Waals surface area contributed by atoms with Crippen molar-refractivity contribution in [2.45, 2.75) is 32.9 Å². The van der Waals surface area contributed by atoms with E-state index in [1.165, 1.54) is 22.2 Å². The molecule has 0 saturated heterocycles. The molecule has 1 aliphatic rings. The molecule has 3 aromatic heterocycles. The smallest absolute Gasteiger partial charge is 0.134 e. The summed E-state index contributed by atoms with van der Waals surface area (Å²) in [7, 11) is 0. The van der Waals surface area contributed by atoms with Gasteiger partial charge in [-0.25, -0.2) is 9.97 Å². The number of nitrogens with one attached hydrogen (secondary N) is 2. The summed E-state index contributed by atoms with van der Waals surface area (Å²) in [6.07, 6.45) is 6.39. The third-order valence-corrected chi connectivity index (χ3v) is 5.34. The van der Waals surface area contributed by atoms with Crippen molar-refractivity contribution >= 4 is 11.0 Å². The maximum Gasteiger partial charge on any atom is 0.134 e. The van der Waals surface area contributed by atoms with E-state index in [1.807, 2.05) is 6.20 Å². The Balaban J connectivity index is 1.54. The van der Waals surface area contributed by atoms with Crippen LogP contribution in [0.4, 0.5) is 0 Å². The van der Waals surface area contributed by atoms with Crippen molar-refractivity contribution in [2.75, 3.05) is 6.54 Å². The Hall–Kier alpha value is -2.86. The van der Waals surface area contributed by atoms with E-state index in [2.05, 4.69) is 56.9 Å². The van der Waals surface area contributed by atoms with Crippen LogP contribution in [0, 0.1) is 13.8 Å². The zero-order chi connectivity index (χ0) is 17.7. The Bertz CT molecular complexity index is 1060. The molecule has 0 fully saturated rings. The number of aromatic nitrogens is 4. The fourth-order valence-corrected chi connectivity index (χ4v) is 3.95. The van der Waals surface area contributed by atoms with E-state index in [9.17, 15) is 0 Å². The number of hydrogen-bond donors (Lipinski definition) is 2. The quantitative estimate of drug-likeness (QED) is 0.593. The van der Waals surface area contributed by atoms with Gasteiger partial charge in [-0.1, -0.05) is 11.6 Å². The Morgan fingerprint density at radius 2 is 2.15 bits per heavy atom. The molecule has 132 valence electrons. The lowest BCUT2D eigenvalue weighted by Crippen LogP contribution is -2.36. The first kappa shape index (κ1) is 15.4. The predicted octanol–water partition coefficient (Wildman–Crippen LogP) is 3.64. The number of rotatable bonds is 3. The number of imidazole rings is 2. The summed E-state index contributed by atoms with van der Waals surface area (Å²) in [5.74, 6) is 1.93. The van der Waals surface area contributed by atoms with Crippen molar-refractivity contribution in [1.29, 1.82) is 0 Å². The van der Waals surface area contributed by atoms with E-state index in [1.54, 1.807) is 12.5 Å². The van der Waals surface area contributed by atoms with Gasteiger partial charge < -0.3 is 14.4 Å². The summed E-state index contributed by atoms with van der Waals surface area (Å²) in [6, 6.07) is 6.36. The fraction of sp³-hybridized carbons (Fsp3) is 0.300. The molecule has 0 radical (unpaired) electrons. The van der Waals surface area contributed by atoms with Gasteiger partial charge in [0.2, 0.25) is 0 Å². The minimum Gasteiger partial charge on any atom is -0.459 e. The molecule has 1 aromatic carbocycles.